The number of aldehydes is 1. The first-order valence-electron chi connectivity index (χ1n) is 6.81. The average molecular weight is 337 g/mol. The molecule has 0 atom stereocenters. The van der Waals surface area contributed by atoms with Crippen LogP contribution in [0.25, 0.3) is 10.9 Å². The third kappa shape index (κ3) is 2.80. The van der Waals surface area contributed by atoms with Gasteiger partial charge in [0.2, 0.25) is 0 Å². The van der Waals surface area contributed by atoms with Crippen LogP contribution < -0.4 is 0 Å². The molecule has 0 spiro atoms. The number of carbonyl (C=O) groups is 1. The molecule has 0 aliphatic carbocycles. The van der Waals surface area contributed by atoms with Crippen molar-refractivity contribution in [2.24, 2.45) is 0 Å². The monoisotopic (exact) mass is 336 g/mol. The number of hydrogen-bond acceptors (Lipinski definition) is 3. The van der Waals surface area contributed by atoms with Crippen LogP contribution in [0.15, 0.2) is 28.9 Å². The highest BCUT2D eigenvalue weighted by Gasteiger charge is 2.12. The summed E-state index contributed by atoms with van der Waals surface area (Å²) in [6.07, 6.45) is 2.88. The van der Waals surface area contributed by atoms with Crippen molar-refractivity contribution in [3.63, 3.8) is 0 Å². The van der Waals surface area contributed by atoms with E-state index in [4.69, 9.17) is 4.74 Å². The predicted octanol–water partition coefficient (Wildman–Crippen LogP) is 2.55. The highest BCUT2D eigenvalue weighted by molar-refractivity contribution is 9.10. The zero-order valence-electron chi connectivity index (χ0n) is 11.2. The van der Waals surface area contributed by atoms with Crippen LogP contribution in [-0.4, -0.2) is 48.6 Å². The Labute approximate surface area is 126 Å². The van der Waals surface area contributed by atoms with E-state index in [-0.39, 0.29) is 0 Å². The molecule has 1 aromatic heterocycles. The van der Waals surface area contributed by atoms with Gasteiger partial charge in [0.05, 0.1) is 13.2 Å². The normalized spacial score (nSPS) is 16.6. The third-order valence-corrected chi connectivity index (χ3v) is 4.26. The van der Waals surface area contributed by atoms with E-state index in [0.717, 1.165) is 66.6 Å². The van der Waals surface area contributed by atoms with Crippen LogP contribution >= 0.6 is 15.9 Å². The molecular weight excluding hydrogens is 320 g/mol. The number of halogens is 1. The van der Waals surface area contributed by atoms with Crippen molar-refractivity contribution >= 4 is 33.1 Å². The minimum Gasteiger partial charge on any atom is -0.379 e. The molecule has 0 radical (unpaired) electrons. The molecule has 0 unspecified atom stereocenters. The van der Waals surface area contributed by atoms with Gasteiger partial charge in [-0.3, -0.25) is 9.69 Å². The molecular formula is C15H17BrN2O2. The van der Waals surface area contributed by atoms with E-state index in [1.807, 2.05) is 18.3 Å². The quantitative estimate of drug-likeness (QED) is 0.805. The molecule has 0 amide bonds. The molecule has 1 aliphatic heterocycles. The van der Waals surface area contributed by atoms with Gasteiger partial charge in [-0.1, -0.05) is 15.9 Å². The summed E-state index contributed by atoms with van der Waals surface area (Å²) >= 11 is 3.46. The molecule has 4 nitrogen and oxygen atoms in total. The van der Waals surface area contributed by atoms with Gasteiger partial charge in [-0.15, -0.1) is 0 Å². The molecule has 2 heterocycles. The Morgan fingerprint density at radius 2 is 2.05 bits per heavy atom. The van der Waals surface area contributed by atoms with Gasteiger partial charge in [-0.25, -0.2) is 0 Å². The smallest absolute Gasteiger partial charge is 0.152 e. The van der Waals surface area contributed by atoms with Crippen LogP contribution in [-0.2, 0) is 11.3 Å². The van der Waals surface area contributed by atoms with Crippen LogP contribution in [0.2, 0.25) is 0 Å². The lowest BCUT2D eigenvalue weighted by Gasteiger charge is -2.26. The van der Waals surface area contributed by atoms with E-state index >= 15 is 0 Å². The van der Waals surface area contributed by atoms with Crippen LogP contribution in [0, 0.1) is 0 Å². The minimum absolute atomic E-state index is 0.753. The highest BCUT2D eigenvalue weighted by atomic mass is 79.9. The summed E-state index contributed by atoms with van der Waals surface area (Å²) in [5.74, 6) is 0. The third-order valence-electron chi connectivity index (χ3n) is 3.76. The van der Waals surface area contributed by atoms with Crippen molar-refractivity contribution < 1.29 is 9.53 Å². The maximum Gasteiger partial charge on any atom is 0.152 e. The molecule has 1 saturated heterocycles. The van der Waals surface area contributed by atoms with E-state index < -0.39 is 0 Å². The van der Waals surface area contributed by atoms with E-state index in [1.165, 1.54) is 0 Å². The topological polar surface area (TPSA) is 34.5 Å². The second-order valence-electron chi connectivity index (χ2n) is 5.01. The van der Waals surface area contributed by atoms with E-state index in [2.05, 4.69) is 31.5 Å². The average Bonchev–Trinajstić information content (AvgIpc) is 2.83. The number of morpholine rings is 1. The van der Waals surface area contributed by atoms with Crippen LogP contribution in [0.3, 0.4) is 0 Å². The first-order chi connectivity index (χ1) is 9.78. The minimum atomic E-state index is 0.753. The lowest BCUT2D eigenvalue weighted by atomic mass is 10.2. The summed E-state index contributed by atoms with van der Waals surface area (Å²) in [6.45, 7) is 5.50. The summed E-state index contributed by atoms with van der Waals surface area (Å²) in [5.41, 5.74) is 1.87. The highest BCUT2D eigenvalue weighted by Crippen LogP contribution is 2.24. The maximum atomic E-state index is 11.2. The van der Waals surface area contributed by atoms with Crippen molar-refractivity contribution in [2.45, 2.75) is 6.54 Å². The summed E-state index contributed by atoms with van der Waals surface area (Å²) in [7, 11) is 0. The second kappa shape index (κ2) is 6.08. The van der Waals surface area contributed by atoms with Crippen molar-refractivity contribution in [3.8, 4) is 0 Å². The molecule has 20 heavy (non-hydrogen) atoms. The summed E-state index contributed by atoms with van der Waals surface area (Å²) < 4.78 is 8.52. The van der Waals surface area contributed by atoms with Crippen LogP contribution in [0.5, 0.6) is 0 Å². The van der Waals surface area contributed by atoms with Gasteiger partial charge >= 0.3 is 0 Å². The largest absolute Gasteiger partial charge is 0.379 e. The molecule has 1 aliphatic rings. The summed E-state index contributed by atoms with van der Waals surface area (Å²) in [4.78, 5) is 13.6. The standard InChI is InChI=1S/C15H17BrN2O2/c16-13-1-2-15-14(9-13)12(11-19)10-18(15)4-3-17-5-7-20-8-6-17/h1-2,9-11H,3-8H2. The van der Waals surface area contributed by atoms with E-state index in [1.54, 1.807) is 0 Å². The number of ether oxygens (including phenoxy) is 1. The number of aromatic nitrogens is 1. The fourth-order valence-corrected chi connectivity index (χ4v) is 3.01. The second-order valence-corrected chi connectivity index (χ2v) is 5.93. The molecule has 2 aromatic rings. The number of rotatable bonds is 4. The lowest BCUT2D eigenvalue weighted by Crippen LogP contribution is -2.38. The van der Waals surface area contributed by atoms with Crippen LogP contribution in [0.1, 0.15) is 10.4 Å². The molecule has 0 bridgehead atoms. The van der Waals surface area contributed by atoms with Crippen molar-refractivity contribution in [2.75, 3.05) is 32.8 Å². The van der Waals surface area contributed by atoms with Gasteiger partial charge < -0.3 is 9.30 Å². The Hall–Kier alpha value is -1.17. The van der Waals surface area contributed by atoms with Gasteiger partial charge in [-0.05, 0) is 18.2 Å². The fourth-order valence-electron chi connectivity index (χ4n) is 2.65. The molecule has 0 N–H and O–H groups in total. The number of carbonyl (C=O) groups excluding carboxylic acids is 1. The summed E-state index contributed by atoms with van der Waals surface area (Å²) in [5, 5.41) is 1.01. The number of fused-ring (bicyclic) bond motifs is 1. The number of hydrogen-bond donors (Lipinski definition) is 0. The molecule has 106 valence electrons. The molecule has 5 heteroatoms. The Bertz CT molecular complexity index is 618. The Morgan fingerprint density at radius 1 is 1.25 bits per heavy atom. The van der Waals surface area contributed by atoms with Gasteiger partial charge in [0.1, 0.15) is 0 Å². The Kier molecular flexibility index (Phi) is 4.19. The SMILES string of the molecule is O=Cc1cn(CCN2CCOCC2)c2ccc(Br)cc12. The number of nitrogens with zero attached hydrogens (tertiary/aromatic N) is 2. The molecule has 1 fully saturated rings. The maximum absolute atomic E-state index is 11.2. The van der Waals surface area contributed by atoms with E-state index in [0.29, 0.717) is 0 Å². The fraction of sp³-hybridized carbons (Fsp3) is 0.400. The van der Waals surface area contributed by atoms with Gasteiger partial charge in [-0.2, -0.15) is 0 Å². The summed E-state index contributed by atoms with van der Waals surface area (Å²) in [6, 6.07) is 6.08. The van der Waals surface area contributed by atoms with E-state index in [9.17, 15) is 4.79 Å². The van der Waals surface area contributed by atoms with Gasteiger partial charge in [0.25, 0.3) is 0 Å². The van der Waals surface area contributed by atoms with Gasteiger partial charge in [0, 0.05) is 53.3 Å². The first kappa shape index (κ1) is 13.8. The van der Waals surface area contributed by atoms with Crippen molar-refractivity contribution in [3.05, 3.63) is 34.4 Å². The Balaban J connectivity index is 1.82. The van der Waals surface area contributed by atoms with Crippen molar-refractivity contribution in [1.29, 1.82) is 0 Å². The molecule has 0 saturated carbocycles. The Morgan fingerprint density at radius 3 is 2.80 bits per heavy atom. The predicted molar refractivity (Wildman–Crippen MR) is 82.3 cm³/mol. The molecule has 1 aromatic carbocycles. The van der Waals surface area contributed by atoms with Crippen LogP contribution in [0.4, 0.5) is 0 Å². The van der Waals surface area contributed by atoms with Crippen molar-refractivity contribution in [1.82, 2.24) is 9.47 Å². The van der Waals surface area contributed by atoms with Gasteiger partial charge in [0.15, 0.2) is 6.29 Å². The number of benzene rings is 1. The lowest BCUT2D eigenvalue weighted by molar-refractivity contribution is 0.0365. The zero-order chi connectivity index (χ0) is 13.9. The zero-order valence-corrected chi connectivity index (χ0v) is 12.8. The molecule has 3 rings (SSSR count). The first-order valence-corrected chi connectivity index (χ1v) is 7.61.